The van der Waals surface area contributed by atoms with E-state index in [1.807, 2.05) is 54.6 Å². The van der Waals surface area contributed by atoms with Gasteiger partial charge in [-0.3, -0.25) is 9.59 Å². The third kappa shape index (κ3) is 4.78. The summed E-state index contributed by atoms with van der Waals surface area (Å²) >= 11 is 0. The predicted octanol–water partition coefficient (Wildman–Crippen LogP) is 4.43. The Morgan fingerprint density at radius 3 is 2.24 bits per heavy atom. The minimum Gasteiger partial charge on any atom is -0.489 e. The first kappa shape index (κ1) is 19.5. The molecule has 0 atom stereocenters. The molecule has 152 valence electrons. The summed E-state index contributed by atoms with van der Waals surface area (Å²) in [4.78, 5) is 25.5. The van der Waals surface area contributed by atoms with Crippen molar-refractivity contribution in [3.05, 3.63) is 60.2 Å². The van der Waals surface area contributed by atoms with Crippen LogP contribution in [0.15, 0.2) is 54.6 Å². The predicted molar refractivity (Wildman–Crippen MR) is 113 cm³/mol. The Hall–Kier alpha value is -2.82. The standard InChI is InChI=1S/C24H28N2O3/c27-22(25-19-9-5-2-6-10-19)24(15-16-24)23(28)26-20-11-13-21(14-12-20)29-17-18-7-3-1-4-8-18/h1,3-4,7-8,11-14,19H,2,5-6,9-10,15-17H2,(H,25,27)(H,26,28). The summed E-state index contributed by atoms with van der Waals surface area (Å²) in [5, 5.41) is 6.02. The molecule has 0 radical (unpaired) electrons. The van der Waals surface area contributed by atoms with Gasteiger partial charge in [-0.05, 0) is 55.5 Å². The van der Waals surface area contributed by atoms with Gasteiger partial charge in [-0.25, -0.2) is 0 Å². The molecule has 5 heteroatoms. The van der Waals surface area contributed by atoms with Crippen molar-refractivity contribution in [2.45, 2.75) is 57.6 Å². The monoisotopic (exact) mass is 392 g/mol. The Bertz CT molecular complexity index is 838. The molecule has 0 spiro atoms. The summed E-state index contributed by atoms with van der Waals surface area (Å²) in [6.45, 7) is 0.497. The zero-order valence-corrected chi connectivity index (χ0v) is 16.7. The van der Waals surface area contributed by atoms with E-state index < -0.39 is 5.41 Å². The maximum Gasteiger partial charge on any atom is 0.240 e. The topological polar surface area (TPSA) is 67.4 Å². The third-order valence-corrected chi connectivity index (χ3v) is 5.92. The van der Waals surface area contributed by atoms with Crippen LogP contribution in [0.3, 0.4) is 0 Å². The molecular weight excluding hydrogens is 364 g/mol. The zero-order valence-electron chi connectivity index (χ0n) is 16.7. The van der Waals surface area contributed by atoms with Crippen molar-refractivity contribution in [3.8, 4) is 5.75 Å². The summed E-state index contributed by atoms with van der Waals surface area (Å²) < 4.78 is 5.78. The molecule has 2 saturated carbocycles. The molecule has 0 aliphatic heterocycles. The number of carbonyl (C=O) groups is 2. The van der Waals surface area contributed by atoms with Crippen LogP contribution in [-0.2, 0) is 16.2 Å². The van der Waals surface area contributed by atoms with Crippen LogP contribution >= 0.6 is 0 Å². The third-order valence-electron chi connectivity index (χ3n) is 5.92. The number of rotatable bonds is 7. The fourth-order valence-electron chi connectivity index (χ4n) is 3.88. The molecule has 5 nitrogen and oxygen atoms in total. The minimum absolute atomic E-state index is 0.107. The normalized spacial score (nSPS) is 17.9. The lowest BCUT2D eigenvalue weighted by Crippen LogP contribution is -2.45. The van der Waals surface area contributed by atoms with E-state index in [0.29, 0.717) is 25.1 Å². The second kappa shape index (κ2) is 8.68. The number of hydrogen-bond donors (Lipinski definition) is 2. The Morgan fingerprint density at radius 1 is 0.897 bits per heavy atom. The smallest absolute Gasteiger partial charge is 0.240 e. The molecule has 0 bridgehead atoms. The van der Waals surface area contributed by atoms with Gasteiger partial charge in [-0.2, -0.15) is 0 Å². The molecular formula is C24H28N2O3. The lowest BCUT2D eigenvalue weighted by atomic mass is 9.94. The van der Waals surface area contributed by atoms with Crippen LogP contribution in [0.2, 0.25) is 0 Å². The van der Waals surface area contributed by atoms with E-state index in [1.54, 1.807) is 0 Å². The SMILES string of the molecule is O=C(Nc1ccc(OCc2ccccc2)cc1)C1(C(=O)NC2CCCCC2)CC1. The Balaban J connectivity index is 1.30. The fraction of sp³-hybridized carbons (Fsp3) is 0.417. The van der Waals surface area contributed by atoms with Crippen molar-refractivity contribution in [3.63, 3.8) is 0 Å². The molecule has 0 aromatic heterocycles. The number of amides is 2. The van der Waals surface area contributed by atoms with Crippen LogP contribution in [-0.4, -0.2) is 17.9 Å². The van der Waals surface area contributed by atoms with Gasteiger partial charge in [-0.1, -0.05) is 49.6 Å². The minimum atomic E-state index is -0.889. The molecule has 2 aromatic carbocycles. The molecule has 2 aliphatic carbocycles. The van der Waals surface area contributed by atoms with Gasteiger partial charge < -0.3 is 15.4 Å². The summed E-state index contributed by atoms with van der Waals surface area (Å²) in [6.07, 6.45) is 6.84. The van der Waals surface area contributed by atoms with Gasteiger partial charge >= 0.3 is 0 Å². The molecule has 2 N–H and O–H groups in total. The highest BCUT2D eigenvalue weighted by molar-refractivity contribution is 6.13. The van der Waals surface area contributed by atoms with Crippen LogP contribution in [0.5, 0.6) is 5.75 Å². The molecule has 2 amide bonds. The number of carbonyl (C=O) groups excluding carboxylic acids is 2. The van der Waals surface area contributed by atoms with Crippen LogP contribution in [0.1, 0.15) is 50.5 Å². The quantitative estimate of drug-likeness (QED) is 0.685. The maximum absolute atomic E-state index is 12.8. The number of ether oxygens (including phenoxy) is 1. The number of nitrogens with one attached hydrogen (secondary N) is 2. The summed E-state index contributed by atoms with van der Waals surface area (Å²) in [5.74, 6) is 0.427. The summed E-state index contributed by atoms with van der Waals surface area (Å²) in [6, 6.07) is 17.5. The van der Waals surface area contributed by atoms with Crippen molar-refractivity contribution in [2.24, 2.45) is 5.41 Å². The van der Waals surface area contributed by atoms with E-state index in [0.717, 1.165) is 37.0 Å². The fourth-order valence-corrected chi connectivity index (χ4v) is 3.88. The second-order valence-electron chi connectivity index (χ2n) is 8.14. The molecule has 29 heavy (non-hydrogen) atoms. The lowest BCUT2D eigenvalue weighted by Gasteiger charge is -2.25. The highest BCUT2D eigenvalue weighted by atomic mass is 16.5. The van der Waals surface area contributed by atoms with Gasteiger partial charge in [0.05, 0.1) is 0 Å². The molecule has 4 rings (SSSR count). The highest BCUT2D eigenvalue weighted by Gasteiger charge is 2.56. The summed E-state index contributed by atoms with van der Waals surface area (Å²) in [7, 11) is 0. The van der Waals surface area contributed by atoms with Gasteiger partial charge in [-0.15, -0.1) is 0 Å². The molecule has 2 fully saturated rings. The summed E-state index contributed by atoms with van der Waals surface area (Å²) in [5.41, 5.74) is 0.892. The van der Waals surface area contributed by atoms with E-state index in [9.17, 15) is 9.59 Å². The average molecular weight is 392 g/mol. The van der Waals surface area contributed by atoms with Crippen LogP contribution in [0.4, 0.5) is 5.69 Å². The second-order valence-corrected chi connectivity index (χ2v) is 8.14. The highest BCUT2D eigenvalue weighted by Crippen LogP contribution is 2.47. The average Bonchev–Trinajstić information content (AvgIpc) is 3.57. The zero-order chi connectivity index (χ0) is 20.1. The Kier molecular flexibility index (Phi) is 5.84. The van der Waals surface area contributed by atoms with E-state index in [4.69, 9.17) is 4.74 Å². The number of benzene rings is 2. The van der Waals surface area contributed by atoms with E-state index >= 15 is 0 Å². The Labute approximate surface area is 171 Å². The van der Waals surface area contributed by atoms with Crippen molar-refractivity contribution >= 4 is 17.5 Å². The molecule has 2 aromatic rings. The van der Waals surface area contributed by atoms with Crippen molar-refractivity contribution in [1.82, 2.24) is 5.32 Å². The first-order valence-corrected chi connectivity index (χ1v) is 10.5. The van der Waals surface area contributed by atoms with E-state index in [2.05, 4.69) is 10.6 Å². The number of anilines is 1. The first-order valence-electron chi connectivity index (χ1n) is 10.5. The number of hydrogen-bond acceptors (Lipinski definition) is 3. The van der Waals surface area contributed by atoms with Crippen LogP contribution in [0, 0.1) is 5.41 Å². The largest absolute Gasteiger partial charge is 0.489 e. The van der Waals surface area contributed by atoms with Crippen molar-refractivity contribution < 1.29 is 14.3 Å². The van der Waals surface area contributed by atoms with Gasteiger partial charge in [0.25, 0.3) is 0 Å². The van der Waals surface area contributed by atoms with Crippen LogP contribution < -0.4 is 15.4 Å². The Morgan fingerprint density at radius 2 is 1.59 bits per heavy atom. The van der Waals surface area contributed by atoms with E-state index in [-0.39, 0.29) is 17.9 Å². The van der Waals surface area contributed by atoms with Gasteiger partial charge in [0.15, 0.2) is 0 Å². The van der Waals surface area contributed by atoms with Gasteiger partial charge in [0.2, 0.25) is 11.8 Å². The van der Waals surface area contributed by atoms with Crippen LogP contribution in [0.25, 0.3) is 0 Å². The van der Waals surface area contributed by atoms with Gasteiger partial charge in [0, 0.05) is 11.7 Å². The van der Waals surface area contributed by atoms with Crippen molar-refractivity contribution in [2.75, 3.05) is 5.32 Å². The van der Waals surface area contributed by atoms with Crippen molar-refractivity contribution in [1.29, 1.82) is 0 Å². The molecule has 2 aliphatic rings. The molecule has 0 unspecified atom stereocenters. The maximum atomic E-state index is 12.8. The molecule has 0 heterocycles. The lowest BCUT2D eigenvalue weighted by molar-refractivity contribution is -0.135. The first-order chi connectivity index (χ1) is 14.2. The van der Waals surface area contributed by atoms with Gasteiger partial charge in [0.1, 0.15) is 17.8 Å². The molecule has 0 saturated heterocycles. The van der Waals surface area contributed by atoms with E-state index in [1.165, 1.54) is 6.42 Å².